The number of likely N-dealkylation sites (N-methyl/N-ethyl adjacent to an activating group) is 1. The number of aliphatic hydroxyl groups is 2. The zero-order valence-corrected chi connectivity index (χ0v) is 21.9. The van der Waals surface area contributed by atoms with Crippen LogP contribution in [0.5, 0.6) is 0 Å². The van der Waals surface area contributed by atoms with Crippen molar-refractivity contribution in [2.24, 2.45) is 46.3 Å². The number of carbonyl (C=O) groups excluding carboxylic acids is 1. The average Bonchev–Trinajstić information content (AvgIpc) is 3.12. The second-order valence-corrected chi connectivity index (χ2v) is 13.1. The van der Waals surface area contributed by atoms with Gasteiger partial charge in [-0.1, -0.05) is 20.8 Å². The van der Waals surface area contributed by atoms with Gasteiger partial charge in [0.05, 0.1) is 12.2 Å². The van der Waals surface area contributed by atoms with Gasteiger partial charge in [-0.15, -0.1) is 0 Å². The first-order chi connectivity index (χ1) is 15.6. The van der Waals surface area contributed by atoms with Crippen molar-refractivity contribution in [3.63, 3.8) is 0 Å². The van der Waals surface area contributed by atoms with Gasteiger partial charge in [0.1, 0.15) is 0 Å². The van der Waals surface area contributed by atoms with Gasteiger partial charge in [0.25, 0.3) is 0 Å². The Morgan fingerprint density at radius 1 is 1.06 bits per heavy atom. The molecule has 0 aromatic heterocycles. The smallest absolute Gasteiger partial charge is 0.220 e. The van der Waals surface area contributed by atoms with Crippen molar-refractivity contribution >= 4 is 5.91 Å². The fourth-order valence-electron chi connectivity index (χ4n) is 9.23. The molecular weight excluding hydrogens is 412 g/mol. The first-order valence-corrected chi connectivity index (χ1v) is 13.8. The third-order valence-corrected chi connectivity index (χ3v) is 11.2. The van der Waals surface area contributed by atoms with Crippen LogP contribution < -0.4 is 5.32 Å². The van der Waals surface area contributed by atoms with Crippen molar-refractivity contribution in [1.82, 2.24) is 10.2 Å². The predicted octanol–water partition coefficient (Wildman–Crippen LogP) is 4.07. The van der Waals surface area contributed by atoms with E-state index in [2.05, 4.69) is 31.0 Å². The number of nitrogens with one attached hydrogen (secondary N) is 1. The van der Waals surface area contributed by atoms with Crippen LogP contribution in [-0.2, 0) is 4.79 Å². The molecular formula is C28H50N2O3. The van der Waals surface area contributed by atoms with Crippen LogP contribution in [0.1, 0.15) is 85.0 Å². The molecule has 3 N–H and O–H groups in total. The third-order valence-electron chi connectivity index (χ3n) is 11.2. The summed E-state index contributed by atoms with van der Waals surface area (Å²) in [6.07, 6.45) is 10.1. The van der Waals surface area contributed by atoms with Gasteiger partial charge in [0.2, 0.25) is 5.91 Å². The topological polar surface area (TPSA) is 72.8 Å². The Kier molecular flexibility index (Phi) is 7.54. The summed E-state index contributed by atoms with van der Waals surface area (Å²) in [6, 6.07) is 0. The van der Waals surface area contributed by atoms with E-state index >= 15 is 0 Å². The number of amides is 1. The molecule has 0 spiro atoms. The maximum absolute atomic E-state index is 12.4. The molecule has 33 heavy (non-hydrogen) atoms. The van der Waals surface area contributed by atoms with Gasteiger partial charge >= 0.3 is 0 Å². The molecule has 0 radical (unpaired) electrons. The molecule has 0 heterocycles. The maximum Gasteiger partial charge on any atom is 0.220 e. The zero-order chi connectivity index (χ0) is 24.0. The number of aliphatic hydroxyl groups excluding tert-OH is 2. The van der Waals surface area contributed by atoms with Crippen molar-refractivity contribution in [3.8, 4) is 0 Å². The van der Waals surface area contributed by atoms with Crippen molar-refractivity contribution in [2.75, 3.05) is 27.2 Å². The van der Waals surface area contributed by atoms with Crippen molar-refractivity contribution in [3.05, 3.63) is 0 Å². The molecule has 10 atom stereocenters. The Bertz CT molecular complexity index is 699. The van der Waals surface area contributed by atoms with Crippen molar-refractivity contribution < 1.29 is 15.0 Å². The largest absolute Gasteiger partial charge is 0.393 e. The zero-order valence-electron chi connectivity index (χ0n) is 21.9. The lowest BCUT2D eigenvalue weighted by molar-refractivity contribution is -0.174. The van der Waals surface area contributed by atoms with Gasteiger partial charge < -0.3 is 20.4 Å². The highest BCUT2D eigenvalue weighted by molar-refractivity contribution is 5.75. The Hall–Kier alpha value is -0.650. The van der Waals surface area contributed by atoms with E-state index in [4.69, 9.17) is 0 Å². The van der Waals surface area contributed by atoms with E-state index in [0.717, 1.165) is 44.6 Å². The van der Waals surface area contributed by atoms with E-state index in [9.17, 15) is 15.0 Å². The molecule has 0 bridgehead atoms. The van der Waals surface area contributed by atoms with Gasteiger partial charge in [0.15, 0.2) is 0 Å². The molecule has 0 saturated heterocycles. The van der Waals surface area contributed by atoms with Gasteiger partial charge in [-0.25, -0.2) is 0 Å². The van der Waals surface area contributed by atoms with Crippen LogP contribution in [0.2, 0.25) is 0 Å². The fraction of sp³-hybridized carbons (Fsp3) is 0.964. The lowest BCUT2D eigenvalue weighted by atomic mass is 9.43. The van der Waals surface area contributed by atoms with Crippen LogP contribution >= 0.6 is 0 Å². The highest BCUT2D eigenvalue weighted by atomic mass is 16.3. The standard InChI is InChI=1S/C28H50N2O3/c1-18(6-11-26(33)29-14-15-30(4)5)22-9-10-23-21-8-7-19-16-20(31)12-13-27(19,2)24(21)17-25(32)28(22,23)3/h18-25,31-32H,6-17H2,1-5H3,(H,29,33)/t18-,19?,20-,21?,22-,23?,24?,25+,27+,28-/m1/s1. The predicted molar refractivity (Wildman–Crippen MR) is 133 cm³/mol. The molecule has 5 nitrogen and oxygen atoms in total. The summed E-state index contributed by atoms with van der Waals surface area (Å²) in [5.41, 5.74) is 0.276. The summed E-state index contributed by atoms with van der Waals surface area (Å²) < 4.78 is 0. The minimum atomic E-state index is -0.241. The van der Waals surface area contributed by atoms with Crippen LogP contribution in [0.4, 0.5) is 0 Å². The molecule has 0 aromatic carbocycles. The second kappa shape index (κ2) is 9.78. The molecule has 4 aliphatic carbocycles. The van der Waals surface area contributed by atoms with E-state index in [1.54, 1.807) is 0 Å². The molecule has 4 fully saturated rings. The van der Waals surface area contributed by atoms with Crippen molar-refractivity contribution in [1.29, 1.82) is 0 Å². The summed E-state index contributed by atoms with van der Waals surface area (Å²) in [5, 5.41) is 25.0. The van der Waals surface area contributed by atoms with Crippen LogP contribution in [0.25, 0.3) is 0 Å². The van der Waals surface area contributed by atoms with Crippen LogP contribution in [0.3, 0.4) is 0 Å². The summed E-state index contributed by atoms with van der Waals surface area (Å²) in [4.78, 5) is 14.4. The van der Waals surface area contributed by atoms with E-state index in [1.165, 1.54) is 25.7 Å². The Balaban J connectivity index is 1.41. The van der Waals surface area contributed by atoms with Gasteiger partial charge in [-0.05, 0) is 118 Å². The van der Waals surface area contributed by atoms with E-state index < -0.39 is 0 Å². The molecule has 190 valence electrons. The molecule has 0 aliphatic heterocycles. The molecule has 4 rings (SSSR count). The van der Waals surface area contributed by atoms with Gasteiger partial charge in [-0.2, -0.15) is 0 Å². The third kappa shape index (κ3) is 4.63. The summed E-state index contributed by atoms with van der Waals surface area (Å²) in [6.45, 7) is 8.78. The SMILES string of the molecule is C[C@H](CCC(=O)NCCN(C)C)[C@H]1CCC2C3CCC4C[C@H](O)CC[C@]4(C)C3C[C@H](O)[C@@]21C. The number of hydrogen-bond donors (Lipinski definition) is 3. The fourth-order valence-corrected chi connectivity index (χ4v) is 9.23. The highest BCUT2D eigenvalue weighted by Crippen LogP contribution is 2.68. The number of hydrogen-bond acceptors (Lipinski definition) is 4. The summed E-state index contributed by atoms with van der Waals surface area (Å²) >= 11 is 0. The number of carbonyl (C=O) groups is 1. The Morgan fingerprint density at radius 3 is 2.55 bits per heavy atom. The maximum atomic E-state index is 12.4. The molecule has 0 aromatic rings. The first kappa shape index (κ1) is 25.4. The molecule has 4 unspecified atom stereocenters. The molecule has 4 aliphatic rings. The van der Waals surface area contributed by atoms with Gasteiger partial charge in [0, 0.05) is 19.5 Å². The van der Waals surface area contributed by atoms with Gasteiger partial charge in [-0.3, -0.25) is 4.79 Å². The van der Waals surface area contributed by atoms with Crippen LogP contribution in [0.15, 0.2) is 0 Å². The lowest BCUT2D eigenvalue weighted by Gasteiger charge is -2.62. The average molecular weight is 463 g/mol. The highest BCUT2D eigenvalue weighted by Gasteiger charge is 2.63. The number of rotatable bonds is 7. The number of nitrogens with zero attached hydrogens (tertiary/aromatic N) is 1. The minimum absolute atomic E-state index is 0.0145. The normalized spacial score (nSPS) is 45.8. The molecule has 5 heteroatoms. The summed E-state index contributed by atoms with van der Waals surface area (Å²) in [5.74, 6) is 3.70. The summed E-state index contributed by atoms with van der Waals surface area (Å²) in [7, 11) is 4.05. The monoisotopic (exact) mass is 462 g/mol. The second-order valence-electron chi connectivity index (χ2n) is 13.1. The number of fused-ring (bicyclic) bond motifs is 5. The lowest BCUT2D eigenvalue weighted by Crippen LogP contribution is -2.58. The van der Waals surface area contributed by atoms with Crippen molar-refractivity contribution in [2.45, 2.75) is 97.2 Å². The minimum Gasteiger partial charge on any atom is -0.393 e. The van der Waals surface area contributed by atoms with Crippen LogP contribution in [0, 0.1) is 46.3 Å². The van der Waals surface area contributed by atoms with Crippen LogP contribution in [-0.4, -0.2) is 60.4 Å². The Morgan fingerprint density at radius 2 is 1.82 bits per heavy atom. The Labute approximate surface area is 202 Å². The molecule has 1 amide bonds. The first-order valence-electron chi connectivity index (χ1n) is 13.8. The quantitative estimate of drug-likeness (QED) is 0.533. The van der Waals surface area contributed by atoms with E-state index in [1.807, 2.05) is 14.1 Å². The van der Waals surface area contributed by atoms with E-state index in [-0.39, 0.29) is 23.5 Å². The van der Waals surface area contributed by atoms with E-state index in [0.29, 0.717) is 48.0 Å². The molecule has 4 saturated carbocycles.